The number of hydrogen-bond acceptors (Lipinski definition) is 2. The zero-order chi connectivity index (χ0) is 10.1. The molecule has 3 N–H and O–H groups in total. The molecule has 0 saturated heterocycles. The molecule has 0 aliphatic rings. The smallest absolute Gasteiger partial charge is 0.0762 e. The normalized spacial score (nSPS) is 13.0. The summed E-state index contributed by atoms with van der Waals surface area (Å²) in [7, 11) is 0. The van der Waals surface area contributed by atoms with Gasteiger partial charge in [-0.3, -0.25) is 0 Å². The molecule has 0 aliphatic carbocycles. The Kier molecular flexibility index (Phi) is 2.14. The van der Waals surface area contributed by atoms with Gasteiger partial charge in [-0.15, -0.1) is 0 Å². The first-order valence-corrected chi connectivity index (χ1v) is 4.64. The number of fused-ring (bicyclic) bond motifs is 1. The molecule has 0 fully saturated rings. The Hall–Kier alpha value is -1.54. The van der Waals surface area contributed by atoms with Crippen molar-refractivity contribution >= 4 is 16.5 Å². The first-order valence-electron chi connectivity index (χ1n) is 4.64. The number of aliphatic hydroxyl groups excluding tert-OH is 1. The van der Waals surface area contributed by atoms with Crippen molar-refractivity contribution in [1.29, 1.82) is 0 Å². The third kappa shape index (κ3) is 1.44. The van der Waals surface area contributed by atoms with Crippen LogP contribution in [0.5, 0.6) is 0 Å². The van der Waals surface area contributed by atoms with E-state index in [4.69, 9.17) is 5.73 Å². The molecule has 2 aromatic carbocycles. The van der Waals surface area contributed by atoms with Crippen molar-refractivity contribution in [3.63, 3.8) is 0 Å². The second kappa shape index (κ2) is 3.31. The molecule has 0 radical (unpaired) electrons. The van der Waals surface area contributed by atoms with Crippen molar-refractivity contribution < 1.29 is 5.11 Å². The molecule has 1 unspecified atom stereocenters. The monoisotopic (exact) mass is 187 g/mol. The van der Waals surface area contributed by atoms with Crippen LogP contribution in [0, 0.1) is 0 Å². The number of nitrogens with two attached hydrogens (primary N) is 1. The molecule has 0 saturated carbocycles. The molecule has 0 aliphatic heterocycles. The van der Waals surface area contributed by atoms with Crippen LogP contribution in [0.2, 0.25) is 0 Å². The summed E-state index contributed by atoms with van der Waals surface area (Å²) in [6.07, 6.45) is -0.430. The van der Waals surface area contributed by atoms with Gasteiger partial charge in [-0.25, -0.2) is 0 Å². The molecule has 1 atom stereocenters. The summed E-state index contributed by atoms with van der Waals surface area (Å²) < 4.78 is 0. The quantitative estimate of drug-likeness (QED) is 0.674. The average molecular weight is 187 g/mol. The van der Waals surface area contributed by atoms with Gasteiger partial charge < -0.3 is 10.8 Å². The van der Waals surface area contributed by atoms with Gasteiger partial charge in [0.25, 0.3) is 0 Å². The molecule has 2 rings (SSSR count). The first-order chi connectivity index (χ1) is 6.68. The summed E-state index contributed by atoms with van der Waals surface area (Å²) in [4.78, 5) is 0. The van der Waals surface area contributed by atoms with Crippen LogP contribution in [0.4, 0.5) is 5.69 Å². The van der Waals surface area contributed by atoms with Gasteiger partial charge in [-0.1, -0.05) is 24.3 Å². The van der Waals surface area contributed by atoms with Crippen LogP contribution >= 0.6 is 0 Å². The molecule has 0 bridgehead atoms. The maximum absolute atomic E-state index is 9.42. The topological polar surface area (TPSA) is 46.2 Å². The number of aliphatic hydroxyl groups is 1. The van der Waals surface area contributed by atoms with E-state index in [1.165, 1.54) is 0 Å². The Morgan fingerprint density at radius 2 is 2.00 bits per heavy atom. The van der Waals surface area contributed by atoms with E-state index in [1.54, 1.807) is 6.92 Å². The number of nitrogen functional groups attached to an aromatic ring is 1. The van der Waals surface area contributed by atoms with E-state index in [1.807, 2.05) is 36.4 Å². The Balaban J connectivity index is 2.67. The lowest BCUT2D eigenvalue weighted by molar-refractivity contribution is 0.199. The summed E-state index contributed by atoms with van der Waals surface area (Å²) in [6, 6.07) is 11.6. The van der Waals surface area contributed by atoms with E-state index in [0.717, 1.165) is 22.0 Å². The minimum Gasteiger partial charge on any atom is -0.398 e. The van der Waals surface area contributed by atoms with Crippen molar-refractivity contribution in [3.05, 3.63) is 42.0 Å². The van der Waals surface area contributed by atoms with Gasteiger partial charge >= 0.3 is 0 Å². The fourth-order valence-electron chi connectivity index (χ4n) is 1.59. The molecule has 0 spiro atoms. The van der Waals surface area contributed by atoms with Gasteiger partial charge in [0, 0.05) is 11.1 Å². The van der Waals surface area contributed by atoms with Crippen molar-refractivity contribution in [3.8, 4) is 0 Å². The predicted octanol–water partition coefficient (Wildman–Crippen LogP) is 2.48. The number of benzene rings is 2. The maximum Gasteiger partial charge on any atom is 0.0762 e. The maximum atomic E-state index is 9.42. The molecule has 0 amide bonds. The fourth-order valence-corrected chi connectivity index (χ4v) is 1.59. The van der Waals surface area contributed by atoms with Gasteiger partial charge in [-0.2, -0.15) is 0 Å². The molecule has 72 valence electrons. The molecular formula is C12H13NO. The lowest BCUT2D eigenvalue weighted by atomic mass is 10.0. The number of rotatable bonds is 1. The van der Waals surface area contributed by atoms with E-state index in [2.05, 4.69) is 0 Å². The Morgan fingerprint density at radius 1 is 1.21 bits per heavy atom. The Morgan fingerprint density at radius 3 is 2.71 bits per heavy atom. The molecule has 0 aromatic heterocycles. The summed E-state index contributed by atoms with van der Waals surface area (Å²) in [6.45, 7) is 1.76. The minimum atomic E-state index is -0.430. The Bertz CT molecular complexity index is 463. The van der Waals surface area contributed by atoms with Crippen LogP contribution in [-0.4, -0.2) is 5.11 Å². The van der Waals surface area contributed by atoms with Crippen LogP contribution in [0.3, 0.4) is 0 Å². The summed E-state index contributed by atoms with van der Waals surface area (Å²) in [5, 5.41) is 11.5. The average Bonchev–Trinajstić information content (AvgIpc) is 2.17. The highest BCUT2D eigenvalue weighted by molar-refractivity contribution is 5.93. The lowest BCUT2D eigenvalue weighted by Gasteiger charge is -2.07. The van der Waals surface area contributed by atoms with E-state index < -0.39 is 6.10 Å². The third-order valence-electron chi connectivity index (χ3n) is 2.42. The summed E-state index contributed by atoms with van der Waals surface area (Å²) >= 11 is 0. The standard InChI is InChI=1S/C12H13NO/c1-8(14)9-5-6-11-10(7-9)3-2-4-12(11)13/h2-8,14H,13H2,1H3. The largest absolute Gasteiger partial charge is 0.398 e. The van der Waals surface area contributed by atoms with Crippen molar-refractivity contribution in [2.45, 2.75) is 13.0 Å². The predicted molar refractivity (Wildman–Crippen MR) is 59.0 cm³/mol. The van der Waals surface area contributed by atoms with Gasteiger partial charge in [0.2, 0.25) is 0 Å². The zero-order valence-corrected chi connectivity index (χ0v) is 8.07. The minimum absolute atomic E-state index is 0.430. The van der Waals surface area contributed by atoms with Crippen LogP contribution in [0.15, 0.2) is 36.4 Å². The highest BCUT2D eigenvalue weighted by Gasteiger charge is 2.02. The van der Waals surface area contributed by atoms with Gasteiger partial charge in [-0.05, 0) is 30.0 Å². The second-order valence-corrected chi connectivity index (χ2v) is 3.50. The number of hydrogen-bond donors (Lipinski definition) is 2. The van der Waals surface area contributed by atoms with Gasteiger partial charge in [0.1, 0.15) is 0 Å². The first kappa shape index (κ1) is 9.03. The van der Waals surface area contributed by atoms with E-state index in [9.17, 15) is 5.11 Å². The summed E-state index contributed by atoms with van der Waals surface area (Å²) in [5.41, 5.74) is 7.52. The zero-order valence-electron chi connectivity index (χ0n) is 8.07. The third-order valence-corrected chi connectivity index (χ3v) is 2.42. The van der Waals surface area contributed by atoms with E-state index in [0.29, 0.717) is 0 Å². The summed E-state index contributed by atoms with van der Waals surface area (Å²) in [5.74, 6) is 0. The van der Waals surface area contributed by atoms with Crippen LogP contribution in [0.25, 0.3) is 10.8 Å². The van der Waals surface area contributed by atoms with E-state index in [-0.39, 0.29) is 0 Å². The molecule has 2 nitrogen and oxygen atoms in total. The molecule has 14 heavy (non-hydrogen) atoms. The molecule has 2 aromatic rings. The Labute approximate surface area is 83.0 Å². The SMILES string of the molecule is CC(O)c1ccc2c(N)cccc2c1. The molecule has 0 heterocycles. The van der Waals surface area contributed by atoms with Gasteiger partial charge in [0.15, 0.2) is 0 Å². The van der Waals surface area contributed by atoms with Crippen LogP contribution in [0.1, 0.15) is 18.6 Å². The van der Waals surface area contributed by atoms with Crippen molar-refractivity contribution in [1.82, 2.24) is 0 Å². The fraction of sp³-hybridized carbons (Fsp3) is 0.167. The van der Waals surface area contributed by atoms with Gasteiger partial charge in [0.05, 0.1) is 6.10 Å². The second-order valence-electron chi connectivity index (χ2n) is 3.50. The molecular weight excluding hydrogens is 174 g/mol. The van der Waals surface area contributed by atoms with E-state index >= 15 is 0 Å². The van der Waals surface area contributed by atoms with Crippen LogP contribution < -0.4 is 5.73 Å². The highest BCUT2D eigenvalue weighted by Crippen LogP contribution is 2.24. The highest BCUT2D eigenvalue weighted by atomic mass is 16.3. The lowest BCUT2D eigenvalue weighted by Crippen LogP contribution is -1.92. The van der Waals surface area contributed by atoms with Crippen molar-refractivity contribution in [2.75, 3.05) is 5.73 Å². The molecule has 2 heteroatoms. The van der Waals surface area contributed by atoms with Crippen LogP contribution in [-0.2, 0) is 0 Å². The van der Waals surface area contributed by atoms with Crippen molar-refractivity contribution in [2.24, 2.45) is 0 Å². The number of anilines is 1.